The normalized spacial score (nSPS) is 21.1. The van der Waals surface area contributed by atoms with Gasteiger partial charge in [0.2, 0.25) is 11.8 Å². The van der Waals surface area contributed by atoms with Crippen LogP contribution < -0.4 is 0 Å². The number of imidazole rings is 1. The minimum absolute atomic E-state index is 0.0556. The molecule has 142 valence electrons. The van der Waals surface area contributed by atoms with Gasteiger partial charge in [0.25, 0.3) is 0 Å². The molecule has 2 aromatic rings. The minimum atomic E-state index is -0.223. The summed E-state index contributed by atoms with van der Waals surface area (Å²) in [6, 6.07) is 3.82. The van der Waals surface area contributed by atoms with Gasteiger partial charge in [0.15, 0.2) is 0 Å². The molecule has 0 aromatic carbocycles. The second-order valence-corrected chi connectivity index (χ2v) is 7.53. The molecule has 0 bridgehead atoms. The molecule has 2 aromatic heterocycles. The smallest absolute Gasteiger partial charge is 0.227 e. The van der Waals surface area contributed by atoms with Crippen molar-refractivity contribution in [3.63, 3.8) is 0 Å². The molecule has 4 rings (SSSR count). The fourth-order valence-electron chi connectivity index (χ4n) is 4.19. The highest BCUT2D eigenvalue weighted by Gasteiger charge is 2.37. The van der Waals surface area contributed by atoms with Crippen LogP contribution in [0.5, 0.6) is 0 Å². The molecule has 7 nitrogen and oxygen atoms in total. The average molecular weight is 367 g/mol. The van der Waals surface area contributed by atoms with Gasteiger partial charge >= 0.3 is 0 Å². The molecule has 7 heteroatoms. The monoisotopic (exact) mass is 367 g/mol. The van der Waals surface area contributed by atoms with Crippen LogP contribution in [0.4, 0.5) is 0 Å². The van der Waals surface area contributed by atoms with Gasteiger partial charge in [0.05, 0.1) is 5.92 Å². The summed E-state index contributed by atoms with van der Waals surface area (Å²) in [6.45, 7) is 2.51. The standard InChI is InChI=1S/C20H25N5O2/c1-23-10-7-22-19(23)16-4-8-24(9-5-16)20(27)17-11-18(26)25(14-17)13-15-3-2-6-21-12-15/h2-3,6-7,10,12,16-17H,4-5,8-9,11,13-14H2,1H3. The Hall–Kier alpha value is -2.70. The van der Waals surface area contributed by atoms with Gasteiger partial charge in [-0.1, -0.05) is 6.07 Å². The summed E-state index contributed by atoms with van der Waals surface area (Å²) < 4.78 is 2.06. The third-order valence-corrected chi connectivity index (χ3v) is 5.69. The summed E-state index contributed by atoms with van der Waals surface area (Å²) in [5, 5.41) is 0. The van der Waals surface area contributed by atoms with Crippen LogP contribution in [-0.2, 0) is 23.2 Å². The zero-order valence-electron chi connectivity index (χ0n) is 15.6. The maximum absolute atomic E-state index is 12.9. The molecule has 2 saturated heterocycles. The fourth-order valence-corrected chi connectivity index (χ4v) is 4.19. The quantitative estimate of drug-likeness (QED) is 0.822. The van der Waals surface area contributed by atoms with E-state index in [0.717, 1.165) is 37.3 Å². The Kier molecular flexibility index (Phi) is 4.92. The van der Waals surface area contributed by atoms with Crippen molar-refractivity contribution < 1.29 is 9.59 Å². The molecule has 0 spiro atoms. The zero-order chi connectivity index (χ0) is 18.8. The van der Waals surface area contributed by atoms with Crippen molar-refractivity contribution in [2.75, 3.05) is 19.6 Å². The fraction of sp³-hybridized carbons (Fsp3) is 0.500. The highest BCUT2D eigenvalue weighted by atomic mass is 16.2. The van der Waals surface area contributed by atoms with E-state index in [9.17, 15) is 9.59 Å². The van der Waals surface area contributed by atoms with E-state index in [0.29, 0.717) is 25.4 Å². The molecule has 0 saturated carbocycles. The van der Waals surface area contributed by atoms with Crippen molar-refractivity contribution in [1.29, 1.82) is 0 Å². The number of hydrogen-bond acceptors (Lipinski definition) is 4. The SMILES string of the molecule is Cn1ccnc1C1CCN(C(=O)C2CC(=O)N(Cc3cccnc3)C2)CC1. The number of aromatic nitrogens is 3. The molecule has 0 radical (unpaired) electrons. The lowest BCUT2D eigenvalue weighted by Crippen LogP contribution is -2.42. The minimum Gasteiger partial charge on any atom is -0.342 e. The lowest BCUT2D eigenvalue weighted by Gasteiger charge is -2.33. The number of amides is 2. The van der Waals surface area contributed by atoms with Gasteiger partial charge in [0.1, 0.15) is 5.82 Å². The molecular weight excluding hydrogens is 342 g/mol. The Morgan fingerprint density at radius 3 is 2.74 bits per heavy atom. The first-order chi connectivity index (χ1) is 13.1. The number of likely N-dealkylation sites (tertiary alicyclic amines) is 2. The van der Waals surface area contributed by atoms with E-state index in [1.807, 2.05) is 36.5 Å². The van der Waals surface area contributed by atoms with Crippen LogP contribution in [-0.4, -0.2) is 55.8 Å². The molecule has 1 atom stereocenters. The van der Waals surface area contributed by atoms with Gasteiger partial charge in [-0.15, -0.1) is 0 Å². The zero-order valence-corrected chi connectivity index (χ0v) is 15.6. The number of nitrogens with zero attached hydrogens (tertiary/aromatic N) is 5. The second-order valence-electron chi connectivity index (χ2n) is 7.53. The Bertz CT molecular complexity index is 811. The van der Waals surface area contributed by atoms with E-state index in [1.165, 1.54) is 0 Å². The first-order valence-electron chi connectivity index (χ1n) is 9.54. The summed E-state index contributed by atoms with van der Waals surface area (Å²) in [6.07, 6.45) is 9.45. The highest BCUT2D eigenvalue weighted by molar-refractivity contribution is 5.89. The number of carbonyl (C=O) groups is 2. The number of pyridine rings is 1. The van der Waals surface area contributed by atoms with E-state index in [2.05, 4.69) is 14.5 Å². The summed E-state index contributed by atoms with van der Waals surface area (Å²) in [7, 11) is 2.01. The van der Waals surface area contributed by atoms with E-state index in [4.69, 9.17) is 0 Å². The highest BCUT2D eigenvalue weighted by Crippen LogP contribution is 2.29. The maximum Gasteiger partial charge on any atom is 0.227 e. The van der Waals surface area contributed by atoms with E-state index in [-0.39, 0.29) is 17.7 Å². The lowest BCUT2D eigenvalue weighted by molar-refractivity contribution is -0.136. The third kappa shape index (κ3) is 3.72. The largest absolute Gasteiger partial charge is 0.342 e. The van der Waals surface area contributed by atoms with Crippen molar-refractivity contribution >= 4 is 11.8 Å². The predicted octanol–water partition coefficient (Wildman–Crippen LogP) is 1.57. The second kappa shape index (κ2) is 7.50. The summed E-state index contributed by atoms with van der Waals surface area (Å²) >= 11 is 0. The van der Waals surface area contributed by atoms with E-state index < -0.39 is 0 Å². The van der Waals surface area contributed by atoms with Gasteiger partial charge in [-0.25, -0.2) is 4.98 Å². The van der Waals surface area contributed by atoms with Crippen LogP contribution in [0.25, 0.3) is 0 Å². The van der Waals surface area contributed by atoms with Crippen molar-refractivity contribution in [3.8, 4) is 0 Å². The third-order valence-electron chi connectivity index (χ3n) is 5.69. The number of rotatable bonds is 4. The molecule has 4 heterocycles. The average Bonchev–Trinajstić information content (AvgIpc) is 3.28. The van der Waals surface area contributed by atoms with Crippen LogP contribution in [0.15, 0.2) is 36.9 Å². The molecule has 1 unspecified atom stereocenters. The number of piperidine rings is 1. The maximum atomic E-state index is 12.9. The predicted molar refractivity (Wildman–Crippen MR) is 99.5 cm³/mol. The van der Waals surface area contributed by atoms with Crippen LogP contribution in [0.3, 0.4) is 0 Å². The van der Waals surface area contributed by atoms with Crippen molar-refractivity contribution in [2.24, 2.45) is 13.0 Å². The van der Waals surface area contributed by atoms with Crippen molar-refractivity contribution in [1.82, 2.24) is 24.3 Å². The Morgan fingerprint density at radius 1 is 1.26 bits per heavy atom. The molecule has 0 N–H and O–H groups in total. The molecule has 2 aliphatic rings. The first kappa shape index (κ1) is 17.7. The Balaban J connectivity index is 1.33. The van der Waals surface area contributed by atoms with Gasteiger partial charge in [0, 0.05) is 70.4 Å². The Morgan fingerprint density at radius 2 is 2.07 bits per heavy atom. The number of carbonyl (C=O) groups excluding carboxylic acids is 2. The molecule has 0 aliphatic carbocycles. The topological polar surface area (TPSA) is 71.3 Å². The molecular formula is C20H25N5O2. The van der Waals surface area contributed by atoms with Gasteiger partial charge in [-0.2, -0.15) is 0 Å². The Labute approximate surface area is 159 Å². The van der Waals surface area contributed by atoms with Gasteiger partial charge < -0.3 is 14.4 Å². The first-order valence-corrected chi connectivity index (χ1v) is 9.54. The van der Waals surface area contributed by atoms with Crippen molar-refractivity contribution in [3.05, 3.63) is 48.3 Å². The van der Waals surface area contributed by atoms with Crippen LogP contribution in [0.1, 0.15) is 36.6 Å². The van der Waals surface area contributed by atoms with E-state index >= 15 is 0 Å². The van der Waals surface area contributed by atoms with Gasteiger partial charge in [-0.3, -0.25) is 14.6 Å². The molecule has 27 heavy (non-hydrogen) atoms. The van der Waals surface area contributed by atoms with Crippen LogP contribution in [0, 0.1) is 5.92 Å². The van der Waals surface area contributed by atoms with Crippen LogP contribution >= 0.6 is 0 Å². The lowest BCUT2D eigenvalue weighted by atomic mass is 9.94. The summed E-state index contributed by atoms with van der Waals surface area (Å²) in [5.41, 5.74) is 0.995. The molecule has 2 amide bonds. The number of aryl methyl sites for hydroxylation is 1. The molecule has 2 aliphatic heterocycles. The number of hydrogen-bond donors (Lipinski definition) is 0. The van der Waals surface area contributed by atoms with Gasteiger partial charge in [-0.05, 0) is 24.5 Å². The van der Waals surface area contributed by atoms with Crippen LogP contribution in [0.2, 0.25) is 0 Å². The van der Waals surface area contributed by atoms with E-state index in [1.54, 1.807) is 17.3 Å². The molecule has 2 fully saturated rings. The van der Waals surface area contributed by atoms with Crippen molar-refractivity contribution in [2.45, 2.75) is 31.7 Å². The summed E-state index contributed by atoms with van der Waals surface area (Å²) in [5.74, 6) is 1.46. The summed E-state index contributed by atoms with van der Waals surface area (Å²) in [4.78, 5) is 37.5.